The Kier molecular flexibility index (Phi) is 4.56. The largest absolute Gasteiger partial charge is 0.473 e. The van der Waals surface area contributed by atoms with Crippen molar-refractivity contribution >= 4 is 11.6 Å². The molecule has 0 aliphatic carbocycles. The highest BCUT2D eigenvalue weighted by atomic mass is 35.5. The lowest BCUT2D eigenvalue weighted by molar-refractivity contribution is 0.293. The van der Waals surface area contributed by atoms with E-state index in [9.17, 15) is 0 Å². The molecule has 2 rings (SSSR count). The molecule has 0 unspecified atom stereocenters. The summed E-state index contributed by atoms with van der Waals surface area (Å²) in [6, 6.07) is 13.4. The molecule has 2 aromatic rings. The molecule has 3 nitrogen and oxygen atoms in total. The molecular formula is C14H15ClN2O. The van der Waals surface area contributed by atoms with Crippen LogP contribution in [-0.4, -0.2) is 12.0 Å². The van der Waals surface area contributed by atoms with Gasteiger partial charge in [0.25, 0.3) is 0 Å². The first kappa shape index (κ1) is 12.9. The van der Waals surface area contributed by atoms with Crippen molar-refractivity contribution in [2.24, 2.45) is 0 Å². The zero-order valence-electron chi connectivity index (χ0n) is 10.2. The van der Waals surface area contributed by atoms with Crippen molar-refractivity contribution in [1.82, 2.24) is 10.3 Å². The second kappa shape index (κ2) is 6.38. The average Bonchev–Trinajstić information content (AvgIpc) is 2.39. The van der Waals surface area contributed by atoms with E-state index in [1.54, 1.807) is 0 Å². The fourth-order valence-electron chi connectivity index (χ4n) is 1.56. The van der Waals surface area contributed by atoms with Crippen LogP contribution < -0.4 is 10.1 Å². The van der Waals surface area contributed by atoms with Gasteiger partial charge in [0.2, 0.25) is 5.88 Å². The van der Waals surface area contributed by atoms with E-state index >= 15 is 0 Å². The van der Waals surface area contributed by atoms with Gasteiger partial charge >= 0.3 is 0 Å². The summed E-state index contributed by atoms with van der Waals surface area (Å²) in [5, 5.41) is 3.79. The van der Waals surface area contributed by atoms with Crippen LogP contribution in [0.25, 0.3) is 0 Å². The maximum Gasteiger partial charge on any atom is 0.213 e. The lowest BCUT2D eigenvalue weighted by Gasteiger charge is -2.07. The summed E-state index contributed by atoms with van der Waals surface area (Å²) in [6.45, 7) is 1.23. The third-order valence-electron chi connectivity index (χ3n) is 2.44. The molecular weight excluding hydrogens is 248 g/mol. The monoisotopic (exact) mass is 262 g/mol. The molecule has 0 atom stereocenters. The summed E-state index contributed by atoms with van der Waals surface area (Å²) in [5.74, 6) is 0.637. The van der Waals surface area contributed by atoms with E-state index in [0.29, 0.717) is 12.5 Å². The average molecular weight is 263 g/mol. The number of hydrogen-bond acceptors (Lipinski definition) is 3. The van der Waals surface area contributed by atoms with Crippen LogP contribution in [0.5, 0.6) is 5.88 Å². The predicted molar refractivity (Wildman–Crippen MR) is 72.8 cm³/mol. The molecule has 0 spiro atoms. The number of aromatic nitrogens is 1. The van der Waals surface area contributed by atoms with Gasteiger partial charge in [0.15, 0.2) is 0 Å². The maximum atomic E-state index is 5.82. The zero-order chi connectivity index (χ0) is 12.8. The summed E-state index contributed by atoms with van der Waals surface area (Å²) in [4.78, 5) is 4.38. The topological polar surface area (TPSA) is 34.1 Å². The van der Waals surface area contributed by atoms with Crippen LogP contribution in [0.1, 0.15) is 11.3 Å². The van der Waals surface area contributed by atoms with Crippen molar-refractivity contribution in [2.75, 3.05) is 7.05 Å². The number of nitrogens with one attached hydrogen (secondary N) is 1. The SMILES string of the molecule is CNCc1cccc(OCc2ccc(Cl)cc2)n1. The molecule has 0 amide bonds. The fourth-order valence-corrected chi connectivity index (χ4v) is 1.68. The van der Waals surface area contributed by atoms with Gasteiger partial charge in [-0.25, -0.2) is 4.98 Å². The molecule has 1 heterocycles. The lowest BCUT2D eigenvalue weighted by atomic mass is 10.2. The lowest BCUT2D eigenvalue weighted by Crippen LogP contribution is -2.07. The van der Waals surface area contributed by atoms with Crippen LogP contribution in [-0.2, 0) is 13.2 Å². The van der Waals surface area contributed by atoms with Crippen LogP contribution >= 0.6 is 11.6 Å². The van der Waals surface area contributed by atoms with Gasteiger partial charge in [-0.2, -0.15) is 0 Å². The fraction of sp³-hybridized carbons (Fsp3) is 0.214. The normalized spacial score (nSPS) is 10.3. The molecule has 1 aromatic heterocycles. The second-order valence-corrected chi connectivity index (χ2v) is 4.35. The van der Waals surface area contributed by atoms with Crippen LogP contribution in [0.3, 0.4) is 0 Å². The Morgan fingerprint density at radius 1 is 1.17 bits per heavy atom. The summed E-state index contributed by atoms with van der Waals surface area (Å²) in [6.07, 6.45) is 0. The smallest absolute Gasteiger partial charge is 0.213 e. The Morgan fingerprint density at radius 2 is 1.94 bits per heavy atom. The summed E-state index contributed by atoms with van der Waals surface area (Å²) < 4.78 is 5.64. The van der Waals surface area contributed by atoms with E-state index in [2.05, 4.69) is 10.3 Å². The predicted octanol–water partition coefficient (Wildman–Crippen LogP) is 3.03. The molecule has 18 heavy (non-hydrogen) atoms. The van der Waals surface area contributed by atoms with Crippen molar-refractivity contribution in [3.8, 4) is 5.88 Å². The Hall–Kier alpha value is -1.58. The zero-order valence-corrected chi connectivity index (χ0v) is 10.9. The number of hydrogen-bond donors (Lipinski definition) is 1. The minimum Gasteiger partial charge on any atom is -0.473 e. The molecule has 1 aromatic carbocycles. The summed E-state index contributed by atoms with van der Waals surface area (Å²) in [7, 11) is 1.89. The molecule has 0 bridgehead atoms. The first-order valence-corrected chi connectivity index (χ1v) is 6.13. The van der Waals surface area contributed by atoms with Gasteiger partial charge in [-0.05, 0) is 30.8 Å². The Bertz CT molecular complexity index is 499. The van der Waals surface area contributed by atoms with E-state index in [1.807, 2.05) is 49.5 Å². The van der Waals surface area contributed by atoms with Crippen LogP contribution in [0, 0.1) is 0 Å². The molecule has 94 valence electrons. The van der Waals surface area contributed by atoms with Crippen molar-refractivity contribution in [3.63, 3.8) is 0 Å². The van der Waals surface area contributed by atoms with E-state index in [-0.39, 0.29) is 0 Å². The number of pyridine rings is 1. The van der Waals surface area contributed by atoms with E-state index in [1.165, 1.54) is 0 Å². The number of nitrogens with zero attached hydrogens (tertiary/aromatic N) is 1. The van der Waals surface area contributed by atoms with E-state index in [4.69, 9.17) is 16.3 Å². The first-order chi connectivity index (χ1) is 8.78. The minimum atomic E-state index is 0.493. The molecule has 0 radical (unpaired) electrons. The van der Waals surface area contributed by atoms with Crippen molar-refractivity contribution < 1.29 is 4.74 Å². The van der Waals surface area contributed by atoms with E-state index in [0.717, 1.165) is 22.8 Å². The molecule has 0 fully saturated rings. The van der Waals surface area contributed by atoms with Gasteiger partial charge in [-0.15, -0.1) is 0 Å². The highest BCUT2D eigenvalue weighted by Gasteiger charge is 1.99. The summed E-state index contributed by atoms with van der Waals surface area (Å²) in [5.41, 5.74) is 2.03. The third kappa shape index (κ3) is 3.72. The van der Waals surface area contributed by atoms with Gasteiger partial charge < -0.3 is 10.1 Å². The quantitative estimate of drug-likeness (QED) is 0.899. The van der Waals surface area contributed by atoms with Crippen molar-refractivity contribution in [1.29, 1.82) is 0 Å². The molecule has 1 N–H and O–H groups in total. The number of halogens is 1. The molecule has 0 aliphatic heterocycles. The van der Waals surface area contributed by atoms with Gasteiger partial charge in [-0.3, -0.25) is 0 Å². The van der Waals surface area contributed by atoms with Crippen LogP contribution in [0.15, 0.2) is 42.5 Å². The van der Waals surface area contributed by atoms with Gasteiger partial charge in [0.1, 0.15) is 6.61 Å². The minimum absolute atomic E-state index is 0.493. The highest BCUT2D eigenvalue weighted by Crippen LogP contribution is 2.13. The van der Waals surface area contributed by atoms with Crippen molar-refractivity contribution in [3.05, 3.63) is 58.7 Å². The Balaban J connectivity index is 1.97. The van der Waals surface area contributed by atoms with E-state index < -0.39 is 0 Å². The third-order valence-corrected chi connectivity index (χ3v) is 2.69. The standard InChI is InChI=1S/C14H15ClN2O/c1-16-9-13-3-2-4-14(17-13)18-10-11-5-7-12(15)8-6-11/h2-8,16H,9-10H2,1H3. The highest BCUT2D eigenvalue weighted by molar-refractivity contribution is 6.30. The Morgan fingerprint density at radius 3 is 2.67 bits per heavy atom. The molecule has 0 saturated heterocycles. The van der Waals surface area contributed by atoms with Gasteiger partial charge in [-0.1, -0.05) is 29.8 Å². The second-order valence-electron chi connectivity index (χ2n) is 3.91. The molecule has 0 aliphatic rings. The van der Waals surface area contributed by atoms with Gasteiger partial charge in [0.05, 0.1) is 5.69 Å². The van der Waals surface area contributed by atoms with Crippen molar-refractivity contribution in [2.45, 2.75) is 13.2 Å². The summed E-state index contributed by atoms with van der Waals surface area (Å²) >= 11 is 5.82. The molecule has 4 heteroatoms. The molecule has 0 saturated carbocycles. The maximum absolute atomic E-state index is 5.82. The number of rotatable bonds is 5. The van der Waals surface area contributed by atoms with Gasteiger partial charge in [0, 0.05) is 17.6 Å². The number of ether oxygens (including phenoxy) is 1. The number of benzene rings is 1. The Labute approximate surface area is 112 Å². The van der Waals surface area contributed by atoms with Crippen LogP contribution in [0.2, 0.25) is 5.02 Å². The van der Waals surface area contributed by atoms with Crippen LogP contribution in [0.4, 0.5) is 0 Å². The first-order valence-electron chi connectivity index (χ1n) is 5.76.